The molecule has 1 aromatic carbocycles. The van der Waals surface area contributed by atoms with Crippen LogP contribution in [0, 0.1) is 6.92 Å². The molecule has 0 spiro atoms. The smallest absolute Gasteiger partial charge is 0.268 e. The number of rotatable bonds is 6. The third-order valence-electron chi connectivity index (χ3n) is 2.78. The normalized spacial score (nSPS) is 12.4. The average Bonchev–Trinajstić information content (AvgIpc) is 2.24. The van der Waals surface area contributed by atoms with Crippen molar-refractivity contribution in [3.05, 3.63) is 29.3 Å². The lowest BCUT2D eigenvalue weighted by atomic mass is 10.0. The minimum atomic E-state index is -5.14. The van der Waals surface area contributed by atoms with Gasteiger partial charge in [-0.1, -0.05) is 25.5 Å². The summed E-state index contributed by atoms with van der Waals surface area (Å²) in [5.74, 6) is 0. The van der Waals surface area contributed by atoms with Gasteiger partial charge in [0.25, 0.3) is 0 Å². The van der Waals surface area contributed by atoms with E-state index < -0.39 is 20.6 Å². The first kappa shape index (κ1) is 16.9. The minimum Gasteiger partial charge on any atom is -0.268 e. The van der Waals surface area contributed by atoms with E-state index in [0.29, 0.717) is 24.0 Å². The molecule has 0 saturated carbocycles. The van der Waals surface area contributed by atoms with Crippen molar-refractivity contribution in [3.63, 3.8) is 0 Å². The summed E-state index contributed by atoms with van der Waals surface area (Å²) in [6.45, 7) is 3.63. The van der Waals surface area contributed by atoms with Gasteiger partial charge in [-0.15, -0.1) is 3.71 Å². The Morgan fingerprint density at radius 2 is 1.65 bits per heavy atom. The summed E-state index contributed by atoms with van der Waals surface area (Å²) in [6.07, 6.45) is 1.97. The molecule has 0 amide bonds. The number of anilines is 1. The third kappa shape index (κ3) is 3.92. The van der Waals surface area contributed by atoms with Crippen molar-refractivity contribution in [1.82, 2.24) is 0 Å². The third-order valence-corrected chi connectivity index (χ3v) is 5.14. The molecule has 1 rings (SSSR count). The summed E-state index contributed by atoms with van der Waals surface area (Å²) in [5, 5.41) is 0. The Hall–Kier alpha value is -1.16. The number of hydrogen-bond donors (Lipinski definition) is 2. The predicted molar refractivity (Wildman–Crippen MR) is 75.4 cm³/mol. The van der Waals surface area contributed by atoms with Crippen LogP contribution in [0.15, 0.2) is 18.2 Å². The Balaban J connectivity index is 3.54. The molecule has 0 atom stereocenters. The van der Waals surface area contributed by atoms with Crippen molar-refractivity contribution in [1.29, 1.82) is 0 Å². The molecular formula is C11H17NO6S2. The Morgan fingerprint density at radius 1 is 1.10 bits per heavy atom. The largest absolute Gasteiger partial charge is 0.375 e. The van der Waals surface area contributed by atoms with Crippen LogP contribution in [0.3, 0.4) is 0 Å². The highest BCUT2D eigenvalue weighted by Crippen LogP contribution is 2.29. The van der Waals surface area contributed by atoms with Gasteiger partial charge in [0.2, 0.25) is 0 Å². The molecule has 0 aliphatic heterocycles. The van der Waals surface area contributed by atoms with E-state index in [9.17, 15) is 16.8 Å². The predicted octanol–water partition coefficient (Wildman–Crippen LogP) is 1.75. The SMILES string of the molecule is CCCCc1c(C)cccc1N(S(=O)(=O)O)S(=O)(=O)O. The van der Waals surface area contributed by atoms with Gasteiger partial charge < -0.3 is 0 Å². The molecule has 0 radical (unpaired) electrons. The highest BCUT2D eigenvalue weighted by atomic mass is 32.3. The number of nitrogens with zero attached hydrogens (tertiary/aromatic N) is 1. The van der Waals surface area contributed by atoms with Gasteiger partial charge in [0.1, 0.15) is 0 Å². The standard InChI is InChI=1S/C11H17NO6S2/c1-3-4-7-10-9(2)6-5-8-11(10)12(19(13,14)15)20(16,17)18/h5-6,8H,3-4,7H2,1-2H3,(H,13,14,15)(H,16,17,18). The van der Waals surface area contributed by atoms with Crippen LogP contribution in [-0.4, -0.2) is 25.9 Å². The monoisotopic (exact) mass is 323 g/mol. The van der Waals surface area contributed by atoms with E-state index in [1.54, 1.807) is 13.0 Å². The zero-order chi connectivity index (χ0) is 15.6. The van der Waals surface area contributed by atoms with Crippen LogP contribution in [0.5, 0.6) is 0 Å². The molecular weight excluding hydrogens is 306 g/mol. The fourth-order valence-electron chi connectivity index (χ4n) is 1.90. The van der Waals surface area contributed by atoms with Crippen LogP contribution in [0.2, 0.25) is 0 Å². The number of benzene rings is 1. The van der Waals surface area contributed by atoms with E-state index in [1.165, 1.54) is 12.1 Å². The maximum absolute atomic E-state index is 11.3. The lowest BCUT2D eigenvalue weighted by Gasteiger charge is -2.21. The molecule has 0 fully saturated rings. The fourth-order valence-corrected chi connectivity index (χ4v) is 3.70. The zero-order valence-electron chi connectivity index (χ0n) is 11.1. The molecule has 1 aromatic rings. The molecule has 9 heteroatoms. The van der Waals surface area contributed by atoms with Gasteiger partial charge in [-0.05, 0) is 37.0 Å². The van der Waals surface area contributed by atoms with E-state index in [-0.39, 0.29) is 9.40 Å². The van der Waals surface area contributed by atoms with Crippen molar-refractivity contribution in [3.8, 4) is 0 Å². The lowest BCUT2D eigenvalue weighted by molar-refractivity contribution is 0.465. The van der Waals surface area contributed by atoms with Gasteiger partial charge in [0, 0.05) is 0 Å². The number of aryl methyl sites for hydroxylation is 1. The highest BCUT2D eigenvalue weighted by Gasteiger charge is 2.33. The number of unbranched alkanes of at least 4 members (excludes halogenated alkanes) is 1. The van der Waals surface area contributed by atoms with Gasteiger partial charge in [0.15, 0.2) is 0 Å². The molecule has 7 nitrogen and oxygen atoms in total. The first-order valence-corrected chi connectivity index (χ1v) is 8.72. The minimum absolute atomic E-state index is 0.261. The van der Waals surface area contributed by atoms with Crippen molar-refractivity contribution in [2.75, 3.05) is 3.71 Å². The fraction of sp³-hybridized carbons (Fsp3) is 0.455. The second-order valence-electron chi connectivity index (χ2n) is 4.33. The van der Waals surface area contributed by atoms with Crippen molar-refractivity contribution >= 4 is 26.3 Å². The van der Waals surface area contributed by atoms with E-state index in [1.807, 2.05) is 6.92 Å². The van der Waals surface area contributed by atoms with Crippen LogP contribution in [0.1, 0.15) is 30.9 Å². The summed E-state index contributed by atoms with van der Waals surface area (Å²) in [6, 6.07) is 4.36. The first-order valence-electron chi connectivity index (χ1n) is 5.93. The Labute approximate surface area is 119 Å². The second kappa shape index (κ2) is 6.08. The van der Waals surface area contributed by atoms with Gasteiger partial charge in [0.05, 0.1) is 5.69 Å². The lowest BCUT2D eigenvalue weighted by Crippen LogP contribution is -2.36. The maximum Gasteiger partial charge on any atom is 0.375 e. The van der Waals surface area contributed by atoms with Gasteiger partial charge in [-0.25, -0.2) is 0 Å². The maximum atomic E-state index is 11.3. The van der Waals surface area contributed by atoms with E-state index in [0.717, 1.165) is 6.42 Å². The molecule has 114 valence electrons. The molecule has 20 heavy (non-hydrogen) atoms. The van der Waals surface area contributed by atoms with E-state index in [4.69, 9.17) is 9.11 Å². The molecule has 2 N–H and O–H groups in total. The van der Waals surface area contributed by atoms with Crippen LogP contribution in [0.25, 0.3) is 0 Å². The summed E-state index contributed by atoms with van der Waals surface area (Å²) in [4.78, 5) is 0. The summed E-state index contributed by atoms with van der Waals surface area (Å²) in [5.41, 5.74) is 0.862. The zero-order valence-corrected chi connectivity index (χ0v) is 12.8. The molecule has 0 bridgehead atoms. The van der Waals surface area contributed by atoms with Gasteiger partial charge in [-0.2, -0.15) is 16.8 Å². The molecule has 0 heterocycles. The van der Waals surface area contributed by atoms with Crippen LogP contribution in [-0.2, 0) is 27.0 Å². The highest BCUT2D eigenvalue weighted by molar-refractivity contribution is 8.05. The van der Waals surface area contributed by atoms with Crippen molar-refractivity contribution < 1.29 is 25.9 Å². The van der Waals surface area contributed by atoms with Gasteiger partial charge >= 0.3 is 20.6 Å². The summed E-state index contributed by atoms with van der Waals surface area (Å²) >= 11 is 0. The van der Waals surface area contributed by atoms with E-state index in [2.05, 4.69) is 0 Å². The number of hydrogen-bond acceptors (Lipinski definition) is 4. The van der Waals surface area contributed by atoms with Crippen molar-refractivity contribution in [2.24, 2.45) is 0 Å². The summed E-state index contributed by atoms with van der Waals surface area (Å²) in [7, 11) is -10.3. The Bertz CT molecular complexity index is 649. The topological polar surface area (TPSA) is 112 Å². The van der Waals surface area contributed by atoms with Crippen LogP contribution < -0.4 is 3.71 Å². The quantitative estimate of drug-likeness (QED) is 0.771. The Morgan fingerprint density at radius 3 is 2.10 bits per heavy atom. The molecule has 0 aromatic heterocycles. The molecule has 0 unspecified atom stereocenters. The van der Waals surface area contributed by atoms with Crippen LogP contribution >= 0.6 is 0 Å². The molecule has 0 aliphatic rings. The second-order valence-corrected chi connectivity index (χ2v) is 7.08. The van der Waals surface area contributed by atoms with Crippen LogP contribution in [0.4, 0.5) is 5.69 Å². The van der Waals surface area contributed by atoms with Crippen molar-refractivity contribution in [2.45, 2.75) is 33.1 Å². The Kier molecular flexibility index (Phi) is 5.14. The van der Waals surface area contributed by atoms with E-state index >= 15 is 0 Å². The molecule has 0 aliphatic carbocycles. The molecule has 0 saturated heterocycles. The summed E-state index contributed by atoms with van der Waals surface area (Å²) < 4.78 is 62.8. The van der Waals surface area contributed by atoms with Gasteiger partial charge in [-0.3, -0.25) is 9.11 Å². The first-order chi connectivity index (χ1) is 9.09. The average molecular weight is 323 g/mol.